The van der Waals surface area contributed by atoms with Crippen molar-refractivity contribution in [2.75, 3.05) is 11.9 Å². The van der Waals surface area contributed by atoms with Crippen molar-refractivity contribution in [2.45, 2.75) is 38.6 Å². The van der Waals surface area contributed by atoms with Crippen molar-refractivity contribution >= 4 is 11.6 Å². The fourth-order valence-corrected chi connectivity index (χ4v) is 2.29. The Balaban J connectivity index is 1.76. The highest BCUT2D eigenvalue weighted by molar-refractivity contribution is 5.81. The summed E-state index contributed by atoms with van der Waals surface area (Å²) in [6.07, 6.45) is 10.4. The number of aromatic nitrogens is 1. The summed E-state index contributed by atoms with van der Waals surface area (Å²) in [7, 11) is 0. The summed E-state index contributed by atoms with van der Waals surface area (Å²) in [4.78, 5) is 15.8. The molecule has 2 N–H and O–H groups in total. The average molecular weight is 259 g/mol. The molecule has 1 aromatic rings. The standard InChI is InChI=1S/C15H21N3O/c1-12(13-6-3-2-4-7-13)18-15(19)11-17-14-8-5-9-16-10-14/h5-6,8-10,12,17H,2-4,7,11H2,1H3,(H,18,19). The molecule has 0 aromatic carbocycles. The number of pyridine rings is 1. The van der Waals surface area contributed by atoms with E-state index < -0.39 is 0 Å². The van der Waals surface area contributed by atoms with E-state index in [9.17, 15) is 4.79 Å². The lowest BCUT2D eigenvalue weighted by Gasteiger charge is -2.21. The van der Waals surface area contributed by atoms with Crippen molar-refractivity contribution in [2.24, 2.45) is 0 Å². The number of nitrogens with zero attached hydrogens (tertiary/aromatic N) is 1. The van der Waals surface area contributed by atoms with Crippen LogP contribution in [0.5, 0.6) is 0 Å². The van der Waals surface area contributed by atoms with Gasteiger partial charge >= 0.3 is 0 Å². The van der Waals surface area contributed by atoms with Gasteiger partial charge in [0.15, 0.2) is 0 Å². The Morgan fingerprint density at radius 3 is 3.05 bits per heavy atom. The third-order valence-electron chi connectivity index (χ3n) is 3.37. The van der Waals surface area contributed by atoms with Crippen LogP contribution < -0.4 is 10.6 Å². The number of carbonyl (C=O) groups excluding carboxylic acids is 1. The van der Waals surface area contributed by atoms with Crippen LogP contribution in [-0.4, -0.2) is 23.5 Å². The first-order valence-electron chi connectivity index (χ1n) is 6.88. The number of rotatable bonds is 5. The first kappa shape index (κ1) is 13.6. The van der Waals surface area contributed by atoms with Gasteiger partial charge in [0.05, 0.1) is 12.2 Å². The highest BCUT2D eigenvalue weighted by atomic mass is 16.1. The fraction of sp³-hybridized carbons (Fsp3) is 0.467. The van der Waals surface area contributed by atoms with Crippen molar-refractivity contribution in [1.82, 2.24) is 10.3 Å². The highest BCUT2D eigenvalue weighted by Gasteiger charge is 2.13. The second-order valence-corrected chi connectivity index (χ2v) is 4.91. The molecular weight excluding hydrogens is 238 g/mol. The molecule has 4 nitrogen and oxygen atoms in total. The van der Waals surface area contributed by atoms with Gasteiger partial charge < -0.3 is 10.6 Å². The summed E-state index contributed by atoms with van der Waals surface area (Å²) in [5.74, 6) is 0.0165. The maximum atomic E-state index is 11.8. The molecule has 0 saturated carbocycles. The molecule has 1 aromatic heterocycles. The first-order valence-corrected chi connectivity index (χ1v) is 6.88. The van der Waals surface area contributed by atoms with Crippen LogP contribution in [0.15, 0.2) is 36.2 Å². The third kappa shape index (κ3) is 4.39. The van der Waals surface area contributed by atoms with Gasteiger partial charge in [-0.15, -0.1) is 0 Å². The Morgan fingerprint density at radius 1 is 1.47 bits per heavy atom. The van der Waals surface area contributed by atoms with E-state index in [2.05, 4.69) is 28.6 Å². The minimum Gasteiger partial charge on any atom is -0.375 e. The molecule has 0 bridgehead atoms. The molecule has 0 aliphatic heterocycles. The Morgan fingerprint density at radius 2 is 2.37 bits per heavy atom. The SMILES string of the molecule is CC(NC(=O)CNc1cccnc1)C1=CCCCC1. The average Bonchev–Trinajstić information content (AvgIpc) is 2.47. The van der Waals surface area contributed by atoms with Crippen molar-refractivity contribution in [3.63, 3.8) is 0 Å². The monoisotopic (exact) mass is 259 g/mol. The molecule has 1 aliphatic rings. The number of hydrogen-bond acceptors (Lipinski definition) is 3. The van der Waals surface area contributed by atoms with E-state index in [0.29, 0.717) is 0 Å². The quantitative estimate of drug-likeness (QED) is 0.799. The maximum absolute atomic E-state index is 11.8. The zero-order valence-electron chi connectivity index (χ0n) is 11.4. The predicted octanol–water partition coefficient (Wildman–Crippen LogP) is 2.50. The van der Waals surface area contributed by atoms with Crippen LogP contribution in [0.2, 0.25) is 0 Å². The Labute approximate surface area is 114 Å². The van der Waals surface area contributed by atoms with Gasteiger partial charge in [-0.05, 0) is 44.7 Å². The molecule has 1 aliphatic carbocycles. The van der Waals surface area contributed by atoms with Crippen molar-refractivity contribution in [3.8, 4) is 0 Å². The van der Waals surface area contributed by atoms with Crippen LogP contribution >= 0.6 is 0 Å². The van der Waals surface area contributed by atoms with E-state index in [1.54, 1.807) is 12.4 Å². The lowest BCUT2D eigenvalue weighted by molar-refractivity contribution is -0.119. The minimum absolute atomic E-state index is 0.0165. The first-order chi connectivity index (χ1) is 9.25. The Hall–Kier alpha value is -1.84. The summed E-state index contributed by atoms with van der Waals surface area (Å²) >= 11 is 0. The van der Waals surface area contributed by atoms with Crippen molar-refractivity contribution < 1.29 is 4.79 Å². The molecule has 1 heterocycles. The fourth-order valence-electron chi connectivity index (χ4n) is 2.29. The van der Waals surface area contributed by atoms with Crippen molar-refractivity contribution in [3.05, 3.63) is 36.2 Å². The molecule has 0 radical (unpaired) electrons. The second kappa shape index (κ2) is 6.92. The van der Waals surface area contributed by atoms with Gasteiger partial charge in [-0.2, -0.15) is 0 Å². The molecule has 1 amide bonds. The zero-order valence-corrected chi connectivity index (χ0v) is 11.4. The molecule has 102 valence electrons. The summed E-state index contributed by atoms with van der Waals surface area (Å²) < 4.78 is 0. The highest BCUT2D eigenvalue weighted by Crippen LogP contribution is 2.19. The topological polar surface area (TPSA) is 54.0 Å². The number of allylic oxidation sites excluding steroid dienone is 1. The van der Waals surface area contributed by atoms with E-state index in [0.717, 1.165) is 18.5 Å². The molecule has 2 rings (SSSR count). The molecule has 0 spiro atoms. The van der Waals surface area contributed by atoms with E-state index in [1.807, 2.05) is 12.1 Å². The molecule has 1 unspecified atom stereocenters. The van der Waals surface area contributed by atoms with Gasteiger partial charge in [-0.25, -0.2) is 0 Å². The lowest BCUT2D eigenvalue weighted by Crippen LogP contribution is -2.38. The van der Waals surface area contributed by atoms with Gasteiger partial charge in [-0.3, -0.25) is 9.78 Å². The smallest absolute Gasteiger partial charge is 0.239 e. The summed E-state index contributed by atoms with van der Waals surface area (Å²) in [6.45, 7) is 2.34. The van der Waals surface area contributed by atoms with Gasteiger partial charge in [-0.1, -0.05) is 11.6 Å². The van der Waals surface area contributed by atoms with Crippen LogP contribution in [0.3, 0.4) is 0 Å². The Kier molecular flexibility index (Phi) is 4.95. The van der Waals surface area contributed by atoms with Crippen LogP contribution in [-0.2, 0) is 4.79 Å². The minimum atomic E-state index is 0.0165. The maximum Gasteiger partial charge on any atom is 0.239 e. The third-order valence-corrected chi connectivity index (χ3v) is 3.37. The molecule has 0 saturated heterocycles. The normalized spacial score (nSPS) is 16.4. The number of carbonyl (C=O) groups is 1. The number of anilines is 1. The van der Waals surface area contributed by atoms with Crippen LogP contribution in [0.1, 0.15) is 32.6 Å². The van der Waals surface area contributed by atoms with Gasteiger partial charge in [0.25, 0.3) is 0 Å². The molecule has 1 atom stereocenters. The largest absolute Gasteiger partial charge is 0.375 e. The van der Waals surface area contributed by atoms with Gasteiger partial charge in [0.1, 0.15) is 0 Å². The number of hydrogen-bond donors (Lipinski definition) is 2. The Bertz CT molecular complexity index is 442. The summed E-state index contributed by atoms with van der Waals surface area (Å²) in [5, 5.41) is 6.09. The summed E-state index contributed by atoms with van der Waals surface area (Å²) in [6, 6.07) is 3.88. The van der Waals surface area contributed by atoms with Crippen LogP contribution in [0, 0.1) is 0 Å². The van der Waals surface area contributed by atoms with Crippen LogP contribution in [0.25, 0.3) is 0 Å². The molecule has 4 heteroatoms. The second-order valence-electron chi connectivity index (χ2n) is 4.91. The lowest BCUT2D eigenvalue weighted by atomic mass is 9.95. The van der Waals surface area contributed by atoms with Gasteiger partial charge in [0.2, 0.25) is 5.91 Å². The molecular formula is C15H21N3O. The van der Waals surface area contributed by atoms with Gasteiger partial charge in [0, 0.05) is 18.4 Å². The van der Waals surface area contributed by atoms with Crippen molar-refractivity contribution in [1.29, 1.82) is 0 Å². The van der Waals surface area contributed by atoms with E-state index >= 15 is 0 Å². The van der Waals surface area contributed by atoms with E-state index in [1.165, 1.54) is 18.4 Å². The van der Waals surface area contributed by atoms with E-state index in [-0.39, 0.29) is 18.5 Å². The van der Waals surface area contributed by atoms with Crippen LogP contribution in [0.4, 0.5) is 5.69 Å². The molecule has 19 heavy (non-hydrogen) atoms. The van der Waals surface area contributed by atoms with E-state index in [4.69, 9.17) is 0 Å². The number of nitrogens with one attached hydrogen (secondary N) is 2. The zero-order chi connectivity index (χ0) is 13.5. The number of amides is 1. The predicted molar refractivity (Wildman–Crippen MR) is 76.9 cm³/mol. The molecule has 0 fully saturated rings. The summed E-state index contributed by atoms with van der Waals surface area (Å²) in [5.41, 5.74) is 2.23.